The van der Waals surface area contributed by atoms with Crippen LogP contribution in [-0.2, 0) is 0 Å². The van der Waals surface area contributed by atoms with Crippen LogP contribution in [0.25, 0.3) is 0 Å². The summed E-state index contributed by atoms with van der Waals surface area (Å²) in [7, 11) is 0. The Kier molecular flexibility index (Phi) is 1.70. The van der Waals surface area contributed by atoms with Crippen LogP contribution in [0.2, 0.25) is 0 Å². The average Bonchev–Trinajstić information content (AvgIpc) is 2.20. The van der Waals surface area contributed by atoms with Gasteiger partial charge in [0.25, 0.3) is 0 Å². The van der Waals surface area contributed by atoms with Gasteiger partial charge in [-0.15, -0.1) is 0 Å². The lowest BCUT2D eigenvalue weighted by atomic mass is 9.55. The molecule has 0 amide bonds. The highest BCUT2D eigenvalue weighted by Gasteiger charge is 2.44. The highest BCUT2D eigenvalue weighted by Crippen LogP contribution is 2.55. The second kappa shape index (κ2) is 2.75. The van der Waals surface area contributed by atoms with Crippen molar-refractivity contribution in [1.29, 1.82) is 0 Å². The van der Waals surface area contributed by atoms with E-state index in [1.54, 1.807) is 25.7 Å². The predicted octanol–water partition coefficient (Wildman–Crippen LogP) is 3.57. The van der Waals surface area contributed by atoms with Crippen LogP contribution in [0.3, 0.4) is 0 Å². The molecule has 0 nitrogen and oxygen atoms in total. The fourth-order valence-electron chi connectivity index (χ4n) is 4.04. The lowest BCUT2D eigenvalue weighted by Crippen LogP contribution is -2.40. The first-order valence-electron chi connectivity index (χ1n) is 5.80. The van der Waals surface area contributed by atoms with Crippen molar-refractivity contribution in [3.8, 4) is 0 Å². The van der Waals surface area contributed by atoms with Crippen LogP contribution in [0.15, 0.2) is 0 Å². The molecule has 0 saturated heterocycles. The highest BCUT2D eigenvalue weighted by molar-refractivity contribution is 5.10. The van der Waals surface area contributed by atoms with Crippen LogP contribution < -0.4 is 0 Å². The first-order valence-corrected chi connectivity index (χ1v) is 5.80. The Bertz CT molecular complexity index is 145. The largest absolute Gasteiger partial charge is 0.0530 e. The Morgan fingerprint density at radius 3 is 2.33 bits per heavy atom. The van der Waals surface area contributed by atoms with Gasteiger partial charge in [0.1, 0.15) is 0 Å². The molecule has 4 aliphatic carbocycles. The monoisotopic (exact) mass is 163 g/mol. The van der Waals surface area contributed by atoms with Crippen molar-refractivity contribution < 1.29 is 0 Å². The Balaban J connectivity index is 1.83. The summed E-state index contributed by atoms with van der Waals surface area (Å²) in [6, 6.07) is 0. The zero-order chi connectivity index (χ0) is 7.97. The van der Waals surface area contributed by atoms with Gasteiger partial charge in [0.05, 0.1) is 0 Å². The van der Waals surface area contributed by atoms with Crippen molar-refractivity contribution in [2.45, 2.75) is 51.4 Å². The topological polar surface area (TPSA) is 0 Å². The van der Waals surface area contributed by atoms with E-state index >= 15 is 0 Å². The molecule has 0 aliphatic heterocycles. The Morgan fingerprint density at radius 1 is 0.833 bits per heavy atom. The minimum atomic E-state index is 1.10. The number of hydrogen-bond acceptors (Lipinski definition) is 0. The van der Waals surface area contributed by atoms with Gasteiger partial charge in [0.15, 0.2) is 0 Å². The van der Waals surface area contributed by atoms with E-state index in [0.717, 1.165) is 17.8 Å². The van der Waals surface area contributed by atoms with Crippen LogP contribution in [0.1, 0.15) is 51.4 Å². The van der Waals surface area contributed by atoms with Crippen molar-refractivity contribution in [1.82, 2.24) is 0 Å². The molecule has 67 valence electrons. The smallest absolute Gasteiger partial charge is 0.0207 e. The standard InChI is InChI=1S/C12H19/c1-2-4-12-10-7-5-9(6-8-10)11(12)3-1/h9,11-12H,1-8H2. The van der Waals surface area contributed by atoms with Gasteiger partial charge in [-0.3, -0.25) is 0 Å². The molecule has 0 heteroatoms. The summed E-state index contributed by atoms with van der Waals surface area (Å²) in [5, 5.41) is 0. The third kappa shape index (κ3) is 0.963. The van der Waals surface area contributed by atoms with Gasteiger partial charge >= 0.3 is 0 Å². The van der Waals surface area contributed by atoms with Crippen molar-refractivity contribution >= 4 is 0 Å². The first-order chi connectivity index (χ1) is 5.95. The molecule has 1 radical (unpaired) electrons. The summed E-state index contributed by atoms with van der Waals surface area (Å²) >= 11 is 0. The van der Waals surface area contributed by atoms with Crippen molar-refractivity contribution in [2.24, 2.45) is 17.8 Å². The molecule has 4 saturated carbocycles. The molecule has 2 bridgehead atoms. The van der Waals surface area contributed by atoms with Crippen LogP contribution >= 0.6 is 0 Å². The van der Waals surface area contributed by atoms with E-state index in [1.165, 1.54) is 25.7 Å². The quantitative estimate of drug-likeness (QED) is 0.512. The predicted molar refractivity (Wildman–Crippen MR) is 50.6 cm³/mol. The molecule has 4 rings (SSSR count). The van der Waals surface area contributed by atoms with E-state index < -0.39 is 0 Å². The molecule has 12 heavy (non-hydrogen) atoms. The normalized spacial score (nSPS) is 47.5. The van der Waals surface area contributed by atoms with Crippen LogP contribution in [0.4, 0.5) is 0 Å². The highest BCUT2D eigenvalue weighted by atomic mass is 14.5. The summed E-state index contributed by atoms with van der Waals surface area (Å²) in [5.41, 5.74) is 0. The summed E-state index contributed by atoms with van der Waals surface area (Å²) < 4.78 is 0. The van der Waals surface area contributed by atoms with Gasteiger partial charge in [-0.1, -0.05) is 12.8 Å². The van der Waals surface area contributed by atoms with E-state index in [0.29, 0.717) is 0 Å². The summed E-state index contributed by atoms with van der Waals surface area (Å²) in [4.78, 5) is 0. The van der Waals surface area contributed by atoms with Crippen molar-refractivity contribution in [3.63, 3.8) is 0 Å². The second-order valence-electron chi connectivity index (χ2n) is 5.05. The molecular weight excluding hydrogens is 144 g/mol. The van der Waals surface area contributed by atoms with Gasteiger partial charge < -0.3 is 0 Å². The number of fused-ring (bicyclic) bond motifs is 2. The molecule has 2 unspecified atom stereocenters. The van der Waals surface area contributed by atoms with E-state index in [-0.39, 0.29) is 0 Å². The third-order valence-electron chi connectivity index (χ3n) is 4.62. The molecule has 0 aromatic heterocycles. The van der Waals surface area contributed by atoms with Crippen LogP contribution in [0, 0.1) is 23.7 Å². The van der Waals surface area contributed by atoms with Crippen molar-refractivity contribution in [3.05, 3.63) is 5.92 Å². The lowest BCUT2D eigenvalue weighted by molar-refractivity contribution is 0.0741. The maximum absolute atomic E-state index is 1.97. The van der Waals surface area contributed by atoms with E-state index in [9.17, 15) is 0 Å². The third-order valence-corrected chi connectivity index (χ3v) is 4.62. The van der Waals surface area contributed by atoms with Crippen LogP contribution in [-0.4, -0.2) is 0 Å². The SMILES string of the molecule is C1CCC2C3CC[C](CC3)C2C1. The minimum absolute atomic E-state index is 1.10. The number of hydrogen-bond donors (Lipinski definition) is 0. The van der Waals surface area contributed by atoms with Gasteiger partial charge in [0, 0.05) is 0 Å². The average molecular weight is 163 g/mol. The first kappa shape index (κ1) is 7.41. The Hall–Kier alpha value is 0. The van der Waals surface area contributed by atoms with Crippen LogP contribution in [0.5, 0.6) is 0 Å². The number of rotatable bonds is 0. The molecular formula is C12H19. The molecule has 4 fully saturated rings. The van der Waals surface area contributed by atoms with E-state index in [1.807, 2.05) is 5.92 Å². The van der Waals surface area contributed by atoms with Gasteiger partial charge in [-0.05, 0) is 62.2 Å². The second-order valence-corrected chi connectivity index (χ2v) is 5.05. The minimum Gasteiger partial charge on any atom is -0.0530 e. The molecule has 0 aromatic rings. The Labute approximate surface area is 75.7 Å². The molecule has 0 N–H and O–H groups in total. The van der Waals surface area contributed by atoms with Gasteiger partial charge in [-0.25, -0.2) is 0 Å². The van der Waals surface area contributed by atoms with Gasteiger partial charge in [-0.2, -0.15) is 0 Å². The van der Waals surface area contributed by atoms with Crippen molar-refractivity contribution in [2.75, 3.05) is 0 Å². The Morgan fingerprint density at radius 2 is 1.58 bits per heavy atom. The van der Waals surface area contributed by atoms with E-state index in [2.05, 4.69) is 0 Å². The molecule has 0 aromatic carbocycles. The maximum atomic E-state index is 1.97. The zero-order valence-electron chi connectivity index (χ0n) is 7.89. The summed E-state index contributed by atoms with van der Waals surface area (Å²) in [6.45, 7) is 0. The summed E-state index contributed by atoms with van der Waals surface area (Å²) in [5.74, 6) is 5.37. The molecule has 0 heterocycles. The molecule has 0 spiro atoms. The lowest BCUT2D eigenvalue weighted by Gasteiger charge is -2.50. The fraction of sp³-hybridized carbons (Fsp3) is 0.917. The summed E-state index contributed by atoms with van der Waals surface area (Å²) in [6.07, 6.45) is 12.3. The zero-order valence-corrected chi connectivity index (χ0v) is 7.89. The molecule has 2 atom stereocenters. The fourth-order valence-corrected chi connectivity index (χ4v) is 4.04. The maximum Gasteiger partial charge on any atom is -0.0207 e. The van der Waals surface area contributed by atoms with Gasteiger partial charge in [0.2, 0.25) is 0 Å². The van der Waals surface area contributed by atoms with E-state index in [4.69, 9.17) is 0 Å². The molecule has 4 aliphatic rings.